The highest BCUT2D eigenvalue weighted by atomic mass is 79.9. The number of alkyl halides is 2. The summed E-state index contributed by atoms with van der Waals surface area (Å²) in [5, 5.41) is 0. The van der Waals surface area contributed by atoms with Crippen LogP contribution in [0.15, 0.2) is 60.7 Å². The van der Waals surface area contributed by atoms with E-state index >= 15 is 0 Å². The van der Waals surface area contributed by atoms with Gasteiger partial charge < -0.3 is 0 Å². The number of halogens is 2. The predicted octanol–water partition coefficient (Wildman–Crippen LogP) is 4.59. The van der Waals surface area contributed by atoms with Gasteiger partial charge in [0, 0.05) is 0 Å². The Balaban J connectivity index is 2.33. The molecule has 0 bridgehead atoms. The van der Waals surface area contributed by atoms with Crippen molar-refractivity contribution in [3.8, 4) is 0 Å². The van der Waals surface area contributed by atoms with Crippen LogP contribution in [0.5, 0.6) is 0 Å². The van der Waals surface area contributed by atoms with E-state index in [2.05, 4.69) is 31.9 Å². The zero-order valence-corrected chi connectivity index (χ0v) is 13.9. The second kappa shape index (κ2) is 6.20. The molecule has 0 spiro atoms. The van der Waals surface area contributed by atoms with Crippen molar-refractivity contribution in [3.63, 3.8) is 0 Å². The molecule has 0 heterocycles. The molecule has 0 aliphatic rings. The zero-order valence-electron chi connectivity index (χ0n) is 9.91. The number of sulfone groups is 1. The minimum atomic E-state index is -3.41. The summed E-state index contributed by atoms with van der Waals surface area (Å²) in [4.78, 5) is 0. The van der Waals surface area contributed by atoms with Crippen LogP contribution in [0.1, 0.15) is 19.4 Å². The lowest BCUT2D eigenvalue weighted by Gasteiger charge is -2.17. The quantitative estimate of drug-likeness (QED) is 0.699. The lowest BCUT2D eigenvalue weighted by atomic mass is 10.2. The standard InChI is InChI=1S/C14H12Br2O2S/c15-13(11-7-3-1-4-8-11)19(17,18)14(16)12-9-5-2-6-10-12/h1-10,13-14H. The topological polar surface area (TPSA) is 34.1 Å². The fourth-order valence-electron chi connectivity index (χ4n) is 1.69. The third-order valence-corrected chi connectivity index (χ3v) is 8.58. The molecule has 2 nitrogen and oxygen atoms in total. The number of rotatable bonds is 4. The molecule has 5 heteroatoms. The number of hydrogen-bond donors (Lipinski definition) is 0. The average molecular weight is 404 g/mol. The Bertz CT molecular complexity index is 576. The molecule has 0 saturated heterocycles. The van der Waals surface area contributed by atoms with Gasteiger partial charge in [-0.2, -0.15) is 0 Å². The van der Waals surface area contributed by atoms with Crippen LogP contribution >= 0.6 is 31.9 Å². The van der Waals surface area contributed by atoms with Crippen molar-refractivity contribution >= 4 is 41.7 Å². The van der Waals surface area contributed by atoms with Gasteiger partial charge in [0.15, 0.2) is 9.84 Å². The van der Waals surface area contributed by atoms with Crippen molar-refractivity contribution < 1.29 is 8.42 Å². The third-order valence-electron chi connectivity index (χ3n) is 2.70. The molecule has 0 radical (unpaired) electrons. The van der Waals surface area contributed by atoms with Crippen molar-refractivity contribution in [3.05, 3.63) is 71.8 Å². The maximum Gasteiger partial charge on any atom is 0.184 e. The van der Waals surface area contributed by atoms with Gasteiger partial charge in [0.2, 0.25) is 0 Å². The van der Waals surface area contributed by atoms with Crippen LogP contribution in [0.4, 0.5) is 0 Å². The number of benzene rings is 2. The summed E-state index contributed by atoms with van der Waals surface area (Å²) in [5.74, 6) is 0. The highest BCUT2D eigenvalue weighted by Crippen LogP contribution is 2.41. The molecule has 0 fully saturated rings. The van der Waals surface area contributed by atoms with Gasteiger partial charge >= 0.3 is 0 Å². The first-order valence-corrected chi connectivity index (χ1v) is 9.08. The van der Waals surface area contributed by atoms with E-state index < -0.39 is 18.2 Å². The van der Waals surface area contributed by atoms with Crippen LogP contribution in [0.25, 0.3) is 0 Å². The Labute approximate surface area is 130 Å². The van der Waals surface area contributed by atoms with Crippen LogP contribution in [-0.2, 0) is 9.84 Å². The second-order valence-electron chi connectivity index (χ2n) is 4.04. The summed E-state index contributed by atoms with van der Waals surface area (Å²) < 4.78 is 23.6. The maximum atomic E-state index is 12.5. The van der Waals surface area contributed by atoms with E-state index in [-0.39, 0.29) is 0 Å². The fourth-order valence-corrected chi connectivity index (χ4v) is 5.75. The first-order valence-electron chi connectivity index (χ1n) is 5.64. The third kappa shape index (κ3) is 3.27. The molecule has 2 aromatic carbocycles. The molecule has 19 heavy (non-hydrogen) atoms. The van der Waals surface area contributed by atoms with Crippen LogP contribution in [0.2, 0.25) is 0 Å². The van der Waals surface area contributed by atoms with Gasteiger partial charge in [-0.25, -0.2) is 8.42 Å². The predicted molar refractivity (Wildman–Crippen MR) is 85.1 cm³/mol. The lowest BCUT2D eigenvalue weighted by molar-refractivity contribution is 0.593. The molecule has 2 rings (SSSR count). The molecule has 2 atom stereocenters. The van der Waals surface area contributed by atoms with Gasteiger partial charge in [-0.15, -0.1) is 0 Å². The minimum absolute atomic E-state index is 0.725. The highest BCUT2D eigenvalue weighted by molar-refractivity contribution is 9.12. The van der Waals surface area contributed by atoms with E-state index in [9.17, 15) is 8.42 Å². The van der Waals surface area contributed by atoms with Gasteiger partial charge in [-0.3, -0.25) is 0 Å². The molecular weight excluding hydrogens is 392 g/mol. The van der Waals surface area contributed by atoms with Gasteiger partial charge in [-0.05, 0) is 11.1 Å². The molecule has 0 amide bonds. The number of hydrogen-bond acceptors (Lipinski definition) is 2. The summed E-state index contributed by atoms with van der Waals surface area (Å²) in [6.07, 6.45) is 0. The van der Waals surface area contributed by atoms with Gasteiger partial charge in [0.1, 0.15) is 8.32 Å². The van der Waals surface area contributed by atoms with Gasteiger partial charge in [0.25, 0.3) is 0 Å². The van der Waals surface area contributed by atoms with E-state index in [1.165, 1.54) is 0 Å². The Morgan fingerprint density at radius 3 is 1.32 bits per heavy atom. The van der Waals surface area contributed by atoms with Crippen LogP contribution in [-0.4, -0.2) is 8.42 Å². The molecule has 0 aliphatic carbocycles. The van der Waals surface area contributed by atoms with Crippen LogP contribution in [0, 0.1) is 0 Å². The van der Waals surface area contributed by atoms with E-state index in [0.29, 0.717) is 0 Å². The smallest absolute Gasteiger partial charge is 0.184 e. The summed E-state index contributed by atoms with van der Waals surface area (Å²) in [7, 11) is -3.41. The van der Waals surface area contributed by atoms with Crippen molar-refractivity contribution in [2.24, 2.45) is 0 Å². The Morgan fingerprint density at radius 2 is 1.00 bits per heavy atom. The largest absolute Gasteiger partial charge is 0.226 e. The first kappa shape index (κ1) is 14.8. The van der Waals surface area contributed by atoms with E-state index in [4.69, 9.17) is 0 Å². The average Bonchev–Trinajstić information content (AvgIpc) is 2.47. The normalized spacial score (nSPS) is 14.8. The zero-order chi connectivity index (χ0) is 13.9. The van der Waals surface area contributed by atoms with E-state index in [1.807, 2.05) is 36.4 Å². The van der Waals surface area contributed by atoms with Crippen molar-refractivity contribution in [1.82, 2.24) is 0 Å². The highest BCUT2D eigenvalue weighted by Gasteiger charge is 2.32. The van der Waals surface area contributed by atoms with Crippen LogP contribution in [0.3, 0.4) is 0 Å². The molecule has 0 aromatic heterocycles. The van der Waals surface area contributed by atoms with Crippen LogP contribution < -0.4 is 0 Å². The van der Waals surface area contributed by atoms with Crippen molar-refractivity contribution in [2.45, 2.75) is 8.32 Å². The molecule has 100 valence electrons. The molecule has 2 unspecified atom stereocenters. The van der Waals surface area contributed by atoms with E-state index in [1.54, 1.807) is 24.3 Å². The first-order chi connectivity index (χ1) is 9.03. The molecule has 0 saturated carbocycles. The molecule has 0 N–H and O–H groups in total. The van der Waals surface area contributed by atoms with Gasteiger partial charge in [0.05, 0.1) is 0 Å². The van der Waals surface area contributed by atoms with Crippen molar-refractivity contribution in [2.75, 3.05) is 0 Å². The fraction of sp³-hybridized carbons (Fsp3) is 0.143. The molecule has 2 aromatic rings. The molecular formula is C14H12Br2O2S. The summed E-state index contributed by atoms with van der Waals surface area (Å²) in [5.41, 5.74) is 1.45. The second-order valence-corrected chi connectivity index (χ2v) is 9.21. The monoisotopic (exact) mass is 402 g/mol. The summed E-state index contributed by atoms with van der Waals surface area (Å²) in [6, 6.07) is 18.2. The Morgan fingerprint density at radius 1 is 0.684 bits per heavy atom. The summed E-state index contributed by atoms with van der Waals surface area (Å²) in [6.45, 7) is 0. The lowest BCUT2D eigenvalue weighted by Crippen LogP contribution is -2.13. The molecule has 0 aliphatic heterocycles. The minimum Gasteiger partial charge on any atom is -0.226 e. The Kier molecular flexibility index (Phi) is 4.81. The Hall–Kier alpha value is -0.650. The summed E-state index contributed by atoms with van der Waals surface area (Å²) >= 11 is 6.57. The maximum absolute atomic E-state index is 12.5. The van der Waals surface area contributed by atoms with E-state index in [0.717, 1.165) is 11.1 Å². The van der Waals surface area contributed by atoms with Crippen molar-refractivity contribution in [1.29, 1.82) is 0 Å². The van der Waals surface area contributed by atoms with Gasteiger partial charge in [-0.1, -0.05) is 92.5 Å². The SMILES string of the molecule is O=S(=O)(C(Br)c1ccccc1)C(Br)c1ccccc1.